The van der Waals surface area contributed by atoms with Crippen LogP contribution in [0.1, 0.15) is 0 Å². The average molecular weight is 310 g/mol. The summed E-state index contributed by atoms with van der Waals surface area (Å²) in [5.74, 6) is -0.349. The van der Waals surface area contributed by atoms with E-state index in [-0.39, 0.29) is 18.5 Å². The quantitative estimate of drug-likeness (QED) is 0.527. The summed E-state index contributed by atoms with van der Waals surface area (Å²) in [6.07, 6.45) is 3.10. The van der Waals surface area contributed by atoms with Crippen molar-refractivity contribution >= 4 is 30.4 Å². The van der Waals surface area contributed by atoms with Gasteiger partial charge in [-0.2, -0.15) is 0 Å². The van der Waals surface area contributed by atoms with Gasteiger partial charge >= 0.3 is 6.09 Å². The predicted molar refractivity (Wildman–Crippen MR) is 80.3 cm³/mol. The molecule has 1 fully saturated rings. The van der Waals surface area contributed by atoms with Crippen molar-refractivity contribution in [2.45, 2.75) is 6.10 Å². The van der Waals surface area contributed by atoms with Crippen LogP contribution in [0.3, 0.4) is 0 Å². The topological polar surface area (TPSA) is 42.0 Å². The highest BCUT2D eigenvalue weighted by Crippen LogP contribution is 2.28. The first-order valence-electron chi connectivity index (χ1n) is 6.63. The molecule has 21 heavy (non-hydrogen) atoms. The van der Waals surface area contributed by atoms with Crippen molar-refractivity contribution < 1.29 is 18.1 Å². The van der Waals surface area contributed by atoms with Gasteiger partial charge in [-0.15, -0.1) is 0 Å². The zero-order chi connectivity index (χ0) is 14.8. The summed E-state index contributed by atoms with van der Waals surface area (Å²) in [6, 6.07) is 4.77. The van der Waals surface area contributed by atoms with E-state index in [2.05, 4.69) is 17.1 Å². The summed E-state index contributed by atoms with van der Waals surface area (Å²) in [5, 5.41) is 0. The first-order chi connectivity index (χ1) is 10.2. The molecule has 2 aliphatic rings. The van der Waals surface area contributed by atoms with Crippen molar-refractivity contribution in [3.8, 4) is 0 Å². The molecule has 2 aliphatic heterocycles. The van der Waals surface area contributed by atoms with E-state index in [1.165, 1.54) is 11.0 Å². The van der Waals surface area contributed by atoms with Crippen molar-refractivity contribution in [3.63, 3.8) is 0 Å². The fourth-order valence-corrected chi connectivity index (χ4v) is 2.66. The molecule has 1 aromatic rings. The number of carbonyl (C=O) groups is 1. The lowest BCUT2D eigenvalue weighted by Gasteiger charge is -2.20. The maximum absolute atomic E-state index is 14.2. The third-order valence-corrected chi connectivity index (χ3v) is 3.69. The number of anilines is 2. The summed E-state index contributed by atoms with van der Waals surface area (Å²) >= 11 is 3.64. The smallest absolute Gasteiger partial charge is 0.414 e. The summed E-state index contributed by atoms with van der Waals surface area (Å²) in [4.78, 5) is 15.1. The Kier molecular flexibility index (Phi) is 4.03. The van der Waals surface area contributed by atoms with Crippen molar-refractivity contribution in [2.24, 2.45) is 0 Å². The Bertz CT molecular complexity index is 573. The molecule has 1 amide bonds. The molecule has 2 heterocycles. The molecule has 0 saturated carbocycles. The lowest BCUT2D eigenvalue weighted by atomic mass is 10.2. The van der Waals surface area contributed by atoms with E-state index in [4.69, 9.17) is 4.74 Å². The molecule has 1 saturated heterocycles. The van der Waals surface area contributed by atoms with Gasteiger partial charge in [0.1, 0.15) is 11.9 Å². The minimum absolute atomic E-state index is 0.200. The molecule has 5 nitrogen and oxygen atoms in total. The molecule has 112 valence electrons. The molecule has 0 unspecified atom stereocenters. The summed E-state index contributed by atoms with van der Waals surface area (Å²) in [5.41, 5.74) is 1.02. The number of benzene rings is 1. The van der Waals surface area contributed by atoms with Gasteiger partial charge in [0.05, 0.1) is 24.5 Å². The number of amides is 1. The Hall–Kier alpha value is -1.73. The van der Waals surface area contributed by atoms with Crippen molar-refractivity contribution in [1.29, 1.82) is 0 Å². The molecule has 0 aliphatic carbocycles. The van der Waals surface area contributed by atoms with E-state index < -0.39 is 6.09 Å². The molecule has 0 bridgehead atoms. The molecule has 1 atom stereocenters. The number of carbonyl (C=O) groups excluding carboxylic acids is 1. The zero-order valence-electron chi connectivity index (χ0n) is 11.2. The number of cyclic esters (lactones) is 1. The third-order valence-electron chi connectivity index (χ3n) is 3.54. The normalized spacial score (nSPS) is 21.2. The number of hydrogen-bond donors (Lipinski definition) is 1. The largest absolute Gasteiger partial charge is 0.441 e. The van der Waals surface area contributed by atoms with Crippen molar-refractivity contribution in [1.82, 2.24) is 0 Å². The van der Waals surface area contributed by atoms with E-state index in [0.29, 0.717) is 31.0 Å². The number of hydrogen-bond acceptors (Lipinski definition) is 5. The fraction of sp³-hybridized carbons (Fsp3) is 0.357. The number of halogens is 1. The van der Waals surface area contributed by atoms with Crippen LogP contribution >= 0.6 is 12.9 Å². The van der Waals surface area contributed by atoms with Crippen LogP contribution in [0.15, 0.2) is 30.4 Å². The van der Waals surface area contributed by atoms with Crippen LogP contribution in [0.25, 0.3) is 0 Å². The van der Waals surface area contributed by atoms with Gasteiger partial charge in [0.15, 0.2) is 0 Å². The van der Waals surface area contributed by atoms with E-state index >= 15 is 0 Å². The maximum atomic E-state index is 14.2. The van der Waals surface area contributed by atoms with E-state index in [1.54, 1.807) is 12.1 Å². The molecule has 0 radical (unpaired) electrons. The van der Waals surface area contributed by atoms with Crippen molar-refractivity contribution in [2.75, 3.05) is 36.0 Å². The number of rotatable bonds is 4. The van der Waals surface area contributed by atoms with Crippen LogP contribution in [0.2, 0.25) is 0 Å². The zero-order valence-corrected chi connectivity index (χ0v) is 12.1. The Labute approximate surface area is 127 Å². The predicted octanol–water partition coefficient (Wildman–Crippen LogP) is 2.39. The molecular weight excluding hydrogens is 295 g/mol. The minimum Gasteiger partial charge on any atom is -0.441 e. The van der Waals surface area contributed by atoms with Crippen LogP contribution in [-0.4, -0.2) is 38.4 Å². The van der Waals surface area contributed by atoms with Gasteiger partial charge in [0.25, 0.3) is 0 Å². The average Bonchev–Trinajstić information content (AvgIpc) is 3.09. The van der Waals surface area contributed by atoms with Gasteiger partial charge in [-0.1, -0.05) is 12.2 Å². The summed E-state index contributed by atoms with van der Waals surface area (Å²) in [6.45, 7) is 1.92. The van der Waals surface area contributed by atoms with Crippen LogP contribution in [0.4, 0.5) is 20.6 Å². The number of nitrogens with zero attached hydrogens (tertiary/aromatic N) is 2. The standard InChI is InChI=1S/C14H15FN2O3S/c15-12-7-10(3-4-13(12)16-5-1-2-6-16)17-8-11(9-19-21)20-14(17)18/h1-4,7,11,21H,5-6,8-9H2/t11-/m1/s1. The molecule has 1 aromatic carbocycles. The van der Waals surface area contributed by atoms with Gasteiger partial charge in [-0.05, 0) is 31.1 Å². The molecule has 7 heteroatoms. The van der Waals surface area contributed by atoms with Gasteiger partial charge in [0.2, 0.25) is 0 Å². The highest BCUT2D eigenvalue weighted by atomic mass is 32.1. The first kappa shape index (κ1) is 14.2. The Morgan fingerprint density at radius 3 is 2.81 bits per heavy atom. The van der Waals surface area contributed by atoms with Crippen LogP contribution in [0, 0.1) is 5.82 Å². The lowest BCUT2D eigenvalue weighted by Crippen LogP contribution is -2.26. The van der Waals surface area contributed by atoms with Gasteiger partial charge < -0.3 is 13.8 Å². The second-order valence-electron chi connectivity index (χ2n) is 4.92. The molecule has 0 N–H and O–H groups in total. The second-order valence-corrected chi connectivity index (χ2v) is 5.18. The minimum atomic E-state index is -0.500. The maximum Gasteiger partial charge on any atom is 0.414 e. The van der Waals surface area contributed by atoms with Gasteiger partial charge in [-0.25, -0.2) is 9.18 Å². The van der Waals surface area contributed by atoms with Crippen LogP contribution in [-0.2, 0) is 8.92 Å². The fourth-order valence-electron chi connectivity index (χ4n) is 2.50. The Morgan fingerprint density at radius 2 is 2.14 bits per heavy atom. The number of thiol groups is 1. The van der Waals surface area contributed by atoms with Crippen LogP contribution in [0.5, 0.6) is 0 Å². The second kappa shape index (κ2) is 5.95. The van der Waals surface area contributed by atoms with Crippen LogP contribution < -0.4 is 9.80 Å². The van der Waals surface area contributed by atoms with Gasteiger partial charge in [0, 0.05) is 13.1 Å². The highest BCUT2D eigenvalue weighted by Gasteiger charge is 2.32. The summed E-state index contributed by atoms with van der Waals surface area (Å²) in [7, 11) is 0. The molecular formula is C14H15FN2O3S. The monoisotopic (exact) mass is 310 g/mol. The molecule has 0 aromatic heterocycles. The summed E-state index contributed by atoms with van der Waals surface area (Å²) < 4.78 is 24.0. The van der Waals surface area contributed by atoms with E-state index in [9.17, 15) is 9.18 Å². The third kappa shape index (κ3) is 2.84. The van der Waals surface area contributed by atoms with E-state index in [0.717, 1.165) is 0 Å². The Balaban J connectivity index is 1.77. The highest BCUT2D eigenvalue weighted by molar-refractivity contribution is 7.75. The SMILES string of the molecule is O=C1O[C@@H](COS)CN1c1ccc(N2CC=CC2)c(F)c1. The molecule has 3 rings (SSSR count). The van der Waals surface area contributed by atoms with E-state index in [1.807, 2.05) is 17.1 Å². The van der Waals surface area contributed by atoms with Crippen molar-refractivity contribution in [3.05, 3.63) is 36.2 Å². The Morgan fingerprint density at radius 1 is 1.38 bits per heavy atom. The van der Waals surface area contributed by atoms with Gasteiger partial charge in [-0.3, -0.25) is 4.90 Å². The number of ether oxygens (including phenoxy) is 1. The first-order valence-corrected chi connectivity index (χ1v) is 6.99. The molecule has 0 spiro atoms. The lowest BCUT2D eigenvalue weighted by molar-refractivity contribution is 0.113.